The summed E-state index contributed by atoms with van der Waals surface area (Å²) in [5, 5.41) is 14.7. The molecule has 0 aliphatic heterocycles. The summed E-state index contributed by atoms with van der Waals surface area (Å²) >= 11 is 4.32. The molecule has 0 atom stereocenters. The number of hydrazone groups is 1. The van der Waals surface area contributed by atoms with Crippen LogP contribution in [0.3, 0.4) is 0 Å². The maximum absolute atomic E-state index is 11.9. The zero-order valence-corrected chi connectivity index (χ0v) is 19.9. The van der Waals surface area contributed by atoms with Gasteiger partial charge in [-0.25, -0.2) is 5.43 Å². The Morgan fingerprint density at radius 3 is 2.43 bits per heavy atom. The molecular formula is C20H15I2N3O5. The monoisotopic (exact) mass is 631 g/mol. The van der Waals surface area contributed by atoms with Gasteiger partial charge < -0.3 is 9.15 Å². The summed E-state index contributed by atoms with van der Waals surface area (Å²) in [5.74, 6) is 1.13. The van der Waals surface area contributed by atoms with Crippen LogP contribution in [0.15, 0.2) is 58.0 Å². The van der Waals surface area contributed by atoms with Crippen LogP contribution in [0.2, 0.25) is 0 Å². The molecule has 0 saturated carbocycles. The van der Waals surface area contributed by atoms with Crippen LogP contribution >= 0.6 is 45.2 Å². The lowest BCUT2D eigenvalue weighted by molar-refractivity contribution is -0.384. The maximum Gasteiger partial charge on any atom is 0.307 e. The summed E-state index contributed by atoms with van der Waals surface area (Å²) in [6.07, 6.45) is 1.54. The van der Waals surface area contributed by atoms with E-state index in [9.17, 15) is 14.9 Å². The standard InChI is InChI=1S/C20H15I2N3O5/c1-12-2-7-18(30-12)20(26)24-23-10-14-8-16(21)19(17(22)9-14)29-11-13-3-5-15(6-4-13)25(27)28/h2-10H,11H2,1H3,(H,24,26)/b23-10-. The summed E-state index contributed by atoms with van der Waals surface area (Å²) in [6.45, 7) is 2.05. The molecule has 0 aliphatic carbocycles. The van der Waals surface area contributed by atoms with Crippen LogP contribution in [0.5, 0.6) is 5.75 Å². The fraction of sp³-hybridized carbons (Fsp3) is 0.100. The van der Waals surface area contributed by atoms with Gasteiger partial charge in [0.25, 0.3) is 5.69 Å². The van der Waals surface area contributed by atoms with Crippen LogP contribution in [0.1, 0.15) is 27.4 Å². The summed E-state index contributed by atoms with van der Waals surface area (Å²) in [5.41, 5.74) is 4.09. The molecule has 2 aromatic carbocycles. The van der Waals surface area contributed by atoms with E-state index in [0.29, 0.717) is 11.5 Å². The number of nitro benzene ring substituents is 1. The van der Waals surface area contributed by atoms with E-state index >= 15 is 0 Å². The van der Waals surface area contributed by atoms with Gasteiger partial charge in [0.05, 0.1) is 18.3 Å². The third-order valence-electron chi connectivity index (χ3n) is 3.89. The number of furan rings is 1. The van der Waals surface area contributed by atoms with E-state index in [0.717, 1.165) is 18.3 Å². The first kappa shape index (κ1) is 22.2. The SMILES string of the molecule is Cc1ccc(C(=O)N/N=C\c2cc(I)c(OCc3ccc([N+](=O)[O-])cc3)c(I)c2)o1. The van der Waals surface area contributed by atoms with Crippen LogP contribution < -0.4 is 10.2 Å². The van der Waals surface area contributed by atoms with Crippen molar-refractivity contribution in [2.24, 2.45) is 5.10 Å². The van der Waals surface area contributed by atoms with Crippen LogP contribution in [0.4, 0.5) is 5.69 Å². The molecule has 154 valence electrons. The molecule has 30 heavy (non-hydrogen) atoms. The van der Waals surface area contributed by atoms with E-state index in [1.54, 1.807) is 31.2 Å². The summed E-state index contributed by atoms with van der Waals surface area (Å²) in [6, 6.07) is 13.3. The van der Waals surface area contributed by atoms with Crippen molar-refractivity contribution in [1.82, 2.24) is 5.43 Å². The Kier molecular flexibility index (Phi) is 7.42. The van der Waals surface area contributed by atoms with Gasteiger partial charge >= 0.3 is 5.91 Å². The van der Waals surface area contributed by atoms with Crippen molar-refractivity contribution in [3.63, 3.8) is 0 Å². The average Bonchev–Trinajstić information content (AvgIpc) is 3.14. The Hall–Kier alpha value is -2.48. The number of benzene rings is 2. The first-order valence-corrected chi connectivity index (χ1v) is 10.7. The zero-order valence-electron chi connectivity index (χ0n) is 15.6. The third kappa shape index (κ3) is 5.78. The first-order chi connectivity index (χ1) is 14.3. The second-order valence-electron chi connectivity index (χ2n) is 6.14. The Labute approximate surface area is 199 Å². The van der Waals surface area contributed by atoms with Crippen LogP contribution in [-0.2, 0) is 6.61 Å². The van der Waals surface area contributed by atoms with Crippen molar-refractivity contribution in [2.45, 2.75) is 13.5 Å². The van der Waals surface area contributed by atoms with E-state index in [4.69, 9.17) is 9.15 Å². The van der Waals surface area contributed by atoms with Gasteiger partial charge in [-0.15, -0.1) is 0 Å². The molecule has 1 heterocycles. The van der Waals surface area contributed by atoms with Crippen molar-refractivity contribution in [3.05, 3.63) is 88.4 Å². The number of carbonyl (C=O) groups is 1. The molecule has 0 radical (unpaired) electrons. The minimum atomic E-state index is -0.436. The number of nitro groups is 1. The van der Waals surface area contributed by atoms with Gasteiger partial charge in [0.1, 0.15) is 18.1 Å². The highest BCUT2D eigenvalue weighted by Gasteiger charge is 2.11. The van der Waals surface area contributed by atoms with Crippen LogP contribution in [-0.4, -0.2) is 17.0 Å². The van der Waals surface area contributed by atoms with Gasteiger partial charge in [0, 0.05) is 12.1 Å². The number of hydrogen-bond acceptors (Lipinski definition) is 6. The van der Waals surface area contributed by atoms with E-state index in [1.165, 1.54) is 18.3 Å². The van der Waals surface area contributed by atoms with Crippen molar-refractivity contribution in [1.29, 1.82) is 0 Å². The average molecular weight is 631 g/mol. The topological polar surface area (TPSA) is 107 Å². The molecule has 3 rings (SSSR count). The molecule has 0 aliphatic rings. The van der Waals surface area contributed by atoms with Gasteiger partial charge in [-0.2, -0.15) is 5.10 Å². The van der Waals surface area contributed by atoms with Crippen molar-refractivity contribution >= 4 is 63.0 Å². The molecule has 0 fully saturated rings. The molecule has 1 aromatic heterocycles. The van der Waals surface area contributed by atoms with Crippen LogP contribution in [0, 0.1) is 24.2 Å². The molecule has 0 saturated heterocycles. The molecule has 1 amide bonds. The van der Waals surface area contributed by atoms with Crippen LogP contribution in [0.25, 0.3) is 0 Å². The van der Waals surface area contributed by atoms with Gasteiger partial charge in [-0.3, -0.25) is 14.9 Å². The molecule has 3 aromatic rings. The fourth-order valence-electron chi connectivity index (χ4n) is 2.44. The predicted octanol–water partition coefficient (Wildman–Crippen LogP) is 5.05. The number of hydrogen-bond donors (Lipinski definition) is 1. The number of ether oxygens (including phenoxy) is 1. The van der Waals surface area contributed by atoms with Crippen molar-refractivity contribution in [2.75, 3.05) is 0 Å². The minimum Gasteiger partial charge on any atom is -0.487 e. The highest BCUT2D eigenvalue weighted by Crippen LogP contribution is 2.29. The largest absolute Gasteiger partial charge is 0.487 e. The molecule has 1 N–H and O–H groups in total. The lowest BCUT2D eigenvalue weighted by atomic mass is 10.2. The number of nitrogens with zero attached hydrogens (tertiary/aromatic N) is 2. The fourth-order valence-corrected chi connectivity index (χ4v) is 4.57. The second kappa shape index (κ2) is 10.0. The van der Waals surface area contributed by atoms with E-state index in [1.807, 2.05) is 12.1 Å². The number of non-ortho nitro benzene ring substituents is 1. The minimum absolute atomic E-state index is 0.0424. The number of nitrogens with one attached hydrogen (secondary N) is 1. The maximum atomic E-state index is 11.9. The predicted molar refractivity (Wildman–Crippen MR) is 128 cm³/mol. The van der Waals surface area contributed by atoms with E-state index in [2.05, 4.69) is 55.7 Å². The molecule has 8 nitrogen and oxygen atoms in total. The van der Waals surface area contributed by atoms with Crippen molar-refractivity contribution < 1.29 is 18.9 Å². The Balaban J connectivity index is 1.63. The molecular weight excluding hydrogens is 616 g/mol. The first-order valence-electron chi connectivity index (χ1n) is 8.58. The summed E-state index contributed by atoms with van der Waals surface area (Å²) in [7, 11) is 0. The van der Waals surface area contributed by atoms with Gasteiger partial charge in [0.15, 0.2) is 5.76 Å². The smallest absolute Gasteiger partial charge is 0.307 e. The lowest BCUT2D eigenvalue weighted by Crippen LogP contribution is -2.16. The Bertz CT molecular complexity index is 1090. The third-order valence-corrected chi connectivity index (χ3v) is 5.50. The second-order valence-corrected chi connectivity index (χ2v) is 8.46. The van der Waals surface area contributed by atoms with Gasteiger partial charge in [-0.05, 0) is 99.6 Å². The Morgan fingerprint density at radius 1 is 1.20 bits per heavy atom. The Morgan fingerprint density at radius 2 is 1.87 bits per heavy atom. The zero-order chi connectivity index (χ0) is 21.7. The summed E-state index contributed by atoms with van der Waals surface area (Å²) in [4.78, 5) is 22.2. The molecule has 0 unspecified atom stereocenters. The number of carbonyl (C=O) groups excluding carboxylic acids is 1. The number of amides is 1. The lowest BCUT2D eigenvalue weighted by Gasteiger charge is -2.11. The number of aryl methyl sites for hydroxylation is 1. The molecule has 10 heteroatoms. The number of halogens is 2. The highest BCUT2D eigenvalue weighted by atomic mass is 127. The van der Waals surface area contributed by atoms with Crippen molar-refractivity contribution in [3.8, 4) is 5.75 Å². The highest BCUT2D eigenvalue weighted by molar-refractivity contribution is 14.1. The normalized spacial score (nSPS) is 10.9. The molecule has 0 bridgehead atoms. The summed E-state index contributed by atoms with van der Waals surface area (Å²) < 4.78 is 12.9. The van der Waals surface area contributed by atoms with E-state index < -0.39 is 10.8 Å². The van der Waals surface area contributed by atoms with E-state index in [-0.39, 0.29) is 18.1 Å². The number of rotatable bonds is 7. The quantitative estimate of drug-likeness (QED) is 0.170. The molecule has 0 spiro atoms. The van der Waals surface area contributed by atoms with Gasteiger partial charge in [-0.1, -0.05) is 0 Å². The van der Waals surface area contributed by atoms with Gasteiger partial charge in [0.2, 0.25) is 0 Å².